The van der Waals surface area contributed by atoms with Crippen molar-refractivity contribution in [2.45, 2.75) is 63.1 Å². The smallest absolute Gasteiger partial charge is 0.237 e. The van der Waals surface area contributed by atoms with Crippen molar-refractivity contribution in [3.63, 3.8) is 0 Å². The van der Waals surface area contributed by atoms with Gasteiger partial charge in [-0.25, -0.2) is 8.78 Å². The van der Waals surface area contributed by atoms with E-state index >= 15 is 4.39 Å². The predicted molar refractivity (Wildman–Crippen MR) is 138 cm³/mol. The number of amides is 1. The van der Waals surface area contributed by atoms with Gasteiger partial charge < -0.3 is 20.8 Å². The molecule has 5 atom stereocenters. The highest BCUT2D eigenvalue weighted by Crippen LogP contribution is 2.52. The zero-order valence-electron chi connectivity index (χ0n) is 20.9. The molecule has 6 nitrogen and oxygen atoms in total. The lowest BCUT2D eigenvalue weighted by Crippen LogP contribution is -2.46. The van der Waals surface area contributed by atoms with E-state index in [4.69, 9.17) is 28.3 Å². The van der Waals surface area contributed by atoms with Crippen molar-refractivity contribution in [1.29, 1.82) is 5.26 Å². The van der Waals surface area contributed by atoms with Crippen molar-refractivity contribution in [3.8, 4) is 6.07 Å². The van der Waals surface area contributed by atoms with Gasteiger partial charge in [0, 0.05) is 34.1 Å². The van der Waals surface area contributed by atoms with E-state index in [-0.39, 0.29) is 39.6 Å². The van der Waals surface area contributed by atoms with Gasteiger partial charge in [0.15, 0.2) is 0 Å². The fourth-order valence-electron chi connectivity index (χ4n) is 5.14. The van der Waals surface area contributed by atoms with Gasteiger partial charge in [-0.15, -0.1) is 0 Å². The van der Waals surface area contributed by atoms with Crippen molar-refractivity contribution in [2.75, 3.05) is 13.2 Å². The van der Waals surface area contributed by atoms with E-state index in [0.29, 0.717) is 6.42 Å². The van der Waals surface area contributed by atoms with Crippen LogP contribution in [0, 0.1) is 28.4 Å². The molecular weight excluding hydrogens is 523 g/mol. The van der Waals surface area contributed by atoms with Gasteiger partial charge in [0.1, 0.15) is 17.0 Å². The van der Waals surface area contributed by atoms with Crippen LogP contribution < -0.4 is 10.6 Å². The van der Waals surface area contributed by atoms with E-state index in [0.717, 1.165) is 12.1 Å². The zero-order chi connectivity index (χ0) is 27.5. The van der Waals surface area contributed by atoms with Crippen LogP contribution in [-0.4, -0.2) is 47.5 Å². The number of carbonyl (C=O) groups is 1. The number of carbonyl (C=O) groups excluding carboxylic acids is 1. The summed E-state index contributed by atoms with van der Waals surface area (Å²) in [6.45, 7) is 5.49. The second-order valence-corrected chi connectivity index (χ2v) is 11.5. The van der Waals surface area contributed by atoms with Crippen LogP contribution in [0.25, 0.3) is 0 Å². The molecule has 0 aliphatic carbocycles. The molecule has 10 heteroatoms. The summed E-state index contributed by atoms with van der Waals surface area (Å²) in [5.74, 6) is -2.91. The van der Waals surface area contributed by atoms with Crippen LogP contribution in [-0.2, 0) is 10.2 Å². The SMILES string of the molecule is CC(C)(C)C[C@@H]1N[C@@H](C(=O)NCC[C@H](O)CO)[C@H](c2cc(F)cc(Cl)c2)[C@@]1(C#N)c1ccc(Cl)cc1F. The first kappa shape index (κ1) is 29.3. The van der Waals surface area contributed by atoms with E-state index in [1.165, 1.54) is 24.3 Å². The van der Waals surface area contributed by atoms with Gasteiger partial charge in [-0.3, -0.25) is 4.79 Å². The first-order valence-corrected chi connectivity index (χ1v) is 12.7. The third kappa shape index (κ3) is 6.42. The van der Waals surface area contributed by atoms with Crippen molar-refractivity contribution in [2.24, 2.45) is 5.41 Å². The van der Waals surface area contributed by atoms with Gasteiger partial charge in [-0.2, -0.15) is 5.26 Å². The summed E-state index contributed by atoms with van der Waals surface area (Å²) in [5.41, 5.74) is -1.66. The van der Waals surface area contributed by atoms with E-state index in [1.54, 1.807) is 0 Å². The minimum absolute atomic E-state index is 0.0394. The third-order valence-electron chi connectivity index (χ3n) is 6.65. The van der Waals surface area contributed by atoms with E-state index in [9.17, 15) is 19.6 Å². The second kappa shape index (κ2) is 11.6. The Labute approximate surface area is 225 Å². The molecule has 1 saturated heterocycles. The fraction of sp³-hybridized carbons (Fsp3) is 0.481. The summed E-state index contributed by atoms with van der Waals surface area (Å²) in [5, 5.41) is 35.7. The first-order chi connectivity index (χ1) is 17.3. The summed E-state index contributed by atoms with van der Waals surface area (Å²) >= 11 is 12.2. The molecule has 0 bridgehead atoms. The molecule has 2 aromatic rings. The molecule has 1 aliphatic rings. The Hall–Kier alpha value is -2.28. The highest BCUT2D eigenvalue weighted by molar-refractivity contribution is 6.30. The van der Waals surface area contributed by atoms with Crippen LogP contribution in [0.4, 0.5) is 8.78 Å². The third-order valence-corrected chi connectivity index (χ3v) is 7.10. The normalized spacial score (nSPS) is 24.5. The summed E-state index contributed by atoms with van der Waals surface area (Å²) in [4.78, 5) is 13.5. The number of nitriles is 1. The molecule has 2 aromatic carbocycles. The van der Waals surface area contributed by atoms with Gasteiger partial charge in [-0.1, -0.05) is 50.0 Å². The van der Waals surface area contributed by atoms with Crippen LogP contribution in [0.15, 0.2) is 36.4 Å². The van der Waals surface area contributed by atoms with Crippen LogP contribution in [0.1, 0.15) is 50.7 Å². The molecule has 200 valence electrons. The number of nitrogens with one attached hydrogen (secondary N) is 2. The number of halogens is 4. The average Bonchev–Trinajstić information content (AvgIpc) is 3.11. The van der Waals surface area contributed by atoms with Gasteiger partial charge in [0.2, 0.25) is 5.91 Å². The number of rotatable bonds is 8. The molecule has 0 radical (unpaired) electrons. The average molecular weight is 554 g/mol. The Morgan fingerprint density at radius 1 is 1.22 bits per heavy atom. The maximum atomic E-state index is 15.5. The van der Waals surface area contributed by atoms with Crippen molar-refractivity contribution < 1.29 is 23.8 Å². The summed E-state index contributed by atoms with van der Waals surface area (Å²) in [6, 6.07) is 8.37. The van der Waals surface area contributed by atoms with Crippen LogP contribution in [0.5, 0.6) is 0 Å². The van der Waals surface area contributed by atoms with E-state index in [2.05, 4.69) is 16.7 Å². The van der Waals surface area contributed by atoms with Crippen LogP contribution in [0.2, 0.25) is 10.0 Å². The number of benzene rings is 2. The van der Waals surface area contributed by atoms with E-state index < -0.39 is 53.7 Å². The van der Waals surface area contributed by atoms with Gasteiger partial charge in [0.05, 0.1) is 24.8 Å². The number of hydrogen-bond acceptors (Lipinski definition) is 5. The lowest BCUT2D eigenvalue weighted by Gasteiger charge is -2.37. The highest BCUT2D eigenvalue weighted by atomic mass is 35.5. The van der Waals surface area contributed by atoms with E-state index in [1.807, 2.05) is 20.8 Å². The van der Waals surface area contributed by atoms with Crippen LogP contribution in [0.3, 0.4) is 0 Å². The number of hydrogen-bond donors (Lipinski definition) is 4. The quantitative estimate of drug-likeness (QED) is 0.386. The van der Waals surface area contributed by atoms with Gasteiger partial charge in [-0.05, 0) is 54.2 Å². The Bertz CT molecular complexity index is 1160. The number of aliphatic hydroxyl groups excluding tert-OH is 2. The molecule has 3 rings (SSSR count). The molecule has 0 unspecified atom stereocenters. The maximum absolute atomic E-state index is 15.5. The van der Waals surface area contributed by atoms with Crippen molar-refractivity contribution in [3.05, 3.63) is 69.2 Å². The number of nitrogens with zero attached hydrogens (tertiary/aromatic N) is 1. The Kier molecular flexibility index (Phi) is 9.20. The summed E-state index contributed by atoms with van der Waals surface area (Å²) < 4.78 is 30.1. The maximum Gasteiger partial charge on any atom is 0.237 e. The largest absolute Gasteiger partial charge is 0.394 e. The molecule has 1 heterocycles. The first-order valence-electron chi connectivity index (χ1n) is 12.0. The minimum Gasteiger partial charge on any atom is -0.394 e. The molecule has 1 amide bonds. The summed E-state index contributed by atoms with van der Waals surface area (Å²) in [7, 11) is 0. The molecule has 1 fully saturated rings. The predicted octanol–water partition coefficient (Wildman–Crippen LogP) is 4.45. The Morgan fingerprint density at radius 3 is 2.49 bits per heavy atom. The molecule has 4 N–H and O–H groups in total. The molecule has 0 saturated carbocycles. The van der Waals surface area contributed by atoms with Crippen molar-refractivity contribution >= 4 is 29.1 Å². The molecule has 0 spiro atoms. The monoisotopic (exact) mass is 553 g/mol. The lowest BCUT2D eigenvalue weighted by molar-refractivity contribution is -0.123. The van der Waals surface area contributed by atoms with Crippen molar-refractivity contribution in [1.82, 2.24) is 10.6 Å². The van der Waals surface area contributed by atoms with Gasteiger partial charge >= 0.3 is 0 Å². The molecule has 0 aromatic heterocycles. The summed E-state index contributed by atoms with van der Waals surface area (Å²) in [6.07, 6.45) is -0.522. The minimum atomic E-state index is -1.63. The standard InChI is InChI=1S/C27H31Cl2F2N3O3/c1-26(2,3)12-22-27(14-32,20-5-4-16(28)11-21(20)31)23(15-8-17(29)10-18(30)9-15)24(34-22)25(37)33-7-6-19(36)13-35/h4-5,8-11,19,22-24,34-36H,6-7,12-13H2,1-3H3,(H,33,37)/t19-,22-,23-,24+,27-/m0/s1. The fourth-order valence-corrected chi connectivity index (χ4v) is 5.53. The second-order valence-electron chi connectivity index (χ2n) is 10.7. The topological polar surface area (TPSA) is 105 Å². The molecule has 37 heavy (non-hydrogen) atoms. The molecule has 1 aliphatic heterocycles. The highest BCUT2D eigenvalue weighted by Gasteiger charge is 2.60. The lowest BCUT2D eigenvalue weighted by atomic mass is 9.62. The zero-order valence-corrected chi connectivity index (χ0v) is 22.4. The molecular formula is C27H31Cl2F2N3O3. The van der Waals surface area contributed by atoms with Gasteiger partial charge in [0.25, 0.3) is 0 Å². The van der Waals surface area contributed by atoms with Crippen LogP contribution >= 0.6 is 23.2 Å². The Balaban J connectivity index is 2.22. The number of aliphatic hydroxyl groups is 2. The Morgan fingerprint density at radius 2 is 1.92 bits per heavy atom.